The minimum absolute atomic E-state index is 0.0449. The number of amides is 1. The summed E-state index contributed by atoms with van der Waals surface area (Å²) in [5.74, 6) is -0.0449. The molecular formula is C13H12BrNOS. The summed E-state index contributed by atoms with van der Waals surface area (Å²) in [5.41, 5.74) is 1.94. The highest BCUT2D eigenvalue weighted by molar-refractivity contribution is 9.08. The third-order valence-corrected chi connectivity index (χ3v) is 3.98. The zero-order chi connectivity index (χ0) is 12.3. The second-order valence-corrected chi connectivity index (χ2v) is 5.50. The average molecular weight is 310 g/mol. The highest BCUT2D eigenvalue weighted by Gasteiger charge is 2.09. The summed E-state index contributed by atoms with van der Waals surface area (Å²) in [4.78, 5) is 13.9. The lowest BCUT2D eigenvalue weighted by molar-refractivity contribution is 0.103. The molecule has 0 fully saturated rings. The van der Waals surface area contributed by atoms with Gasteiger partial charge in [0.2, 0.25) is 0 Å². The maximum Gasteiger partial charge on any atom is 0.265 e. The van der Waals surface area contributed by atoms with Crippen molar-refractivity contribution in [3.63, 3.8) is 0 Å². The average Bonchev–Trinajstić information content (AvgIpc) is 2.77. The Balaban J connectivity index is 2.18. The van der Waals surface area contributed by atoms with Gasteiger partial charge in [0.15, 0.2) is 0 Å². The number of para-hydroxylation sites is 1. The number of nitrogens with one attached hydrogen (secondary N) is 1. The summed E-state index contributed by atoms with van der Waals surface area (Å²) in [6, 6.07) is 11.6. The van der Waals surface area contributed by atoms with Gasteiger partial charge in [-0.15, -0.1) is 11.3 Å². The molecule has 0 atom stereocenters. The molecule has 1 aromatic heterocycles. The van der Waals surface area contributed by atoms with Crippen LogP contribution in [-0.4, -0.2) is 5.91 Å². The fourth-order valence-electron chi connectivity index (χ4n) is 1.50. The number of alkyl halides is 1. The van der Waals surface area contributed by atoms with Gasteiger partial charge in [0.25, 0.3) is 5.91 Å². The Morgan fingerprint density at radius 3 is 2.71 bits per heavy atom. The van der Waals surface area contributed by atoms with E-state index >= 15 is 0 Å². The Hall–Kier alpha value is -1.13. The minimum Gasteiger partial charge on any atom is -0.321 e. The second kappa shape index (κ2) is 5.47. The Bertz CT molecular complexity index is 536. The van der Waals surface area contributed by atoms with E-state index in [0.717, 1.165) is 26.3 Å². The molecule has 1 amide bonds. The number of carbonyl (C=O) groups excluding carboxylic acids is 1. The van der Waals surface area contributed by atoms with E-state index in [0.29, 0.717) is 0 Å². The first kappa shape index (κ1) is 12.3. The number of carbonyl (C=O) groups is 1. The Morgan fingerprint density at radius 2 is 2.06 bits per heavy atom. The molecule has 0 aliphatic carbocycles. The zero-order valence-corrected chi connectivity index (χ0v) is 11.8. The van der Waals surface area contributed by atoms with Crippen molar-refractivity contribution < 1.29 is 4.79 Å². The molecule has 88 valence electrons. The SMILES string of the molecule is Cc1ccc(C(=O)Nc2ccccc2CBr)s1. The van der Waals surface area contributed by atoms with Crippen molar-refractivity contribution in [3.05, 3.63) is 51.7 Å². The van der Waals surface area contributed by atoms with Gasteiger partial charge < -0.3 is 5.32 Å². The number of benzene rings is 1. The first-order valence-corrected chi connectivity index (χ1v) is 7.16. The monoisotopic (exact) mass is 309 g/mol. The van der Waals surface area contributed by atoms with Crippen molar-refractivity contribution in [2.75, 3.05) is 5.32 Å². The van der Waals surface area contributed by atoms with E-state index in [1.54, 1.807) is 0 Å². The molecule has 0 spiro atoms. The Kier molecular flexibility index (Phi) is 3.97. The zero-order valence-electron chi connectivity index (χ0n) is 9.37. The molecule has 0 aliphatic rings. The highest BCUT2D eigenvalue weighted by atomic mass is 79.9. The molecule has 0 saturated carbocycles. The molecule has 4 heteroatoms. The molecule has 2 aromatic rings. The number of hydrogen-bond acceptors (Lipinski definition) is 2. The van der Waals surface area contributed by atoms with Gasteiger partial charge in [-0.05, 0) is 30.7 Å². The van der Waals surface area contributed by atoms with Crippen LogP contribution in [0.5, 0.6) is 0 Å². The van der Waals surface area contributed by atoms with Crippen LogP contribution in [0.4, 0.5) is 5.69 Å². The summed E-state index contributed by atoms with van der Waals surface area (Å²) in [5, 5.41) is 3.66. The van der Waals surface area contributed by atoms with E-state index in [9.17, 15) is 4.79 Å². The minimum atomic E-state index is -0.0449. The van der Waals surface area contributed by atoms with Gasteiger partial charge in [-0.1, -0.05) is 34.1 Å². The lowest BCUT2D eigenvalue weighted by Crippen LogP contribution is -2.11. The maximum atomic E-state index is 12.0. The molecule has 0 saturated heterocycles. The van der Waals surface area contributed by atoms with Crippen LogP contribution < -0.4 is 5.32 Å². The summed E-state index contributed by atoms with van der Waals surface area (Å²) in [7, 11) is 0. The van der Waals surface area contributed by atoms with E-state index in [-0.39, 0.29) is 5.91 Å². The first-order valence-electron chi connectivity index (χ1n) is 5.22. The predicted octanol–water partition coefficient (Wildman–Crippen LogP) is 4.20. The molecule has 2 rings (SSSR count). The third kappa shape index (κ3) is 2.96. The number of rotatable bonds is 3. The van der Waals surface area contributed by atoms with Crippen LogP contribution in [0.1, 0.15) is 20.1 Å². The quantitative estimate of drug-likeness (QED) is 0.846. The van der Waals surface area contributed by atoms with Crippen molar-refractivity contribution in [3.8, 4) is 0 Å². The van der Waals surface area contributed by atoms with Gasteiger partial charge >= 0.3 is 0 Å². The van der Waals surface area contributed by atoms with E-state index in [1.165, 1.54) is 11.3 Å². The molecule has 17 heavy (non-hydrogen) atoms. The number of anilines is 1. The van der Waals surface area contributed by atoms with Crippen molar-refractivity contribution in [1.82, 2.24) is 0 Å². The van der Waals surface area contributed by atoms with Crippen molar-refractivity contribution in [2.24, 2.45) is 0 Å². The number of aryl methyl sites for hydroxylation is 1. The molecule has 0 aliphatic heterocycles. The topological polar surface area (TPSA) is 29.1 Å². The molecule has 1 N–H and O–H groups in total. The second-order valence-electron chi connectivity index (χ2n) is 3.66. The molecule has 1 aromatic carbocycles. The standard InChI is InChI=1S/C13H12BrNOS/c1-9-6-7-12(17-9)13(16)15-11-5-3-2-4-10(11)8-14/h2-7H,8H2,1H3,(H,15,16). The molecular weight excluding hydrogens is 298 g/mol. The number of hydrogen-bond donors (Lipinski definition) is 1. The van der Waals surface area contributed by atoms with Crippen molar-refractivity contribution in [1.29, 1.82) is 0 Å². The largest absolute Gasteiger partial charge is 0.321 e. The smallest absolute Gasteiger partial charge is 0.265 e. The van der Waals surface area contributed by atoms with Gasteiger partial charge in [-0.2, -0.15) is 0 Å². The maximum absolute atomic E-state index is 12.0. The predicted molar refractivity (Wildman–Crippen MR) is 76.1 cm³/mol. The van der Waals surface area contributed by atoms with Gasteiger partial charge in [0, 0.05) is 15.9 Å². The van der Waals surface area contributed by atoms with Gasteiger partial charge in [-0.25, -0.2) is 0 Å². The summed E-state index contributed by atoms with van der Waals surface area (Å²) in [6.45, 7) is 1.99. The van der Waals surface area contributed by atoms with Crippen LogP contribution in [0.2, 0.25) is 0 Å². The lowest BCUT2D eigenvalue weighted by atomic mass is 10.2. The first-order chi connectivity index (χ1) is 8.20. The van der Waals surface area contributed by atoms with Gasteiger partial charge in [0.05, 0.1) is 4.88 Å². The number of thiophene rings is 1. The molecule has 0 radical (unpaired) electrons. The normalized spacial score (nSPS) is 10.2. The summed E-state index contributed by atoms with van der Waals surface area (Å²) < 4.78 is 0. The molecule has 2 nitrogen and oxygen atoms in total. The van der Waals surface area contributed by atoms with Crippen LogP contribution >= 0.6 is 27.3 Å². The molecule has 0 unspecified atom stereocenters. The van der Waals surface area contributed by atoms with Gasteiger partial charge in [-0.3, -0.25) is 4.79 Å². The van der Waals surface area contributed by atoms with Crippen LogP contribution in [0.15, 0.2) is 36.4 Å². The Labute approximate surface area is 113 Å². The van der Waals surface area contributed by atoms with Crippen molar-refractivity contribution in [2.45, 2.75) is 12.3 Å². The lowest BCUT2D eigenvalue weighted by Gasteiger charge is -2.07. The third-order valence-electron chi connectivity index (χ3n) is 2.37. The number of halogens is 1. The van der Waals surface area contributed by atoms with E-state index in [1.807, 2.05) is 43.3 Å². The summed E-state index contributed by atoms with van der Waals surface area (Å²) in [6.07, 6.45) is 0. The fraction of sp³-hybridized carbons (Fsp3) is 0.154. The Morgan fingerprint density at radius 1 is 1.29 bits per heavy atom. The van der Waals surface area contributed by atoms with Crippen LogP contribution in [-0.2, 0) is 5.33 Å². The fourth-order valence-corrected chi connectivity index (χ4v) is 2.75. The molecule has 1 heterocycles. The van der Waals surface area contributed by atoms with Gasteiger partial charge in [0.1, 0.15) is 0 Å². The van der Waals surface area contributed by atoms with E-state index in [4.69, 9.17) is 0 Å². The van der Waals surface area contributed by atoms with Crippen molar-refractivity contribution >= 4 is 38.9 Å². The van der Waals surface area contributed by atoms with Crippen LogP contribution in [0.3, 0.4) is 0 Å². The summed E-state index contributed by atoms with van der Waals surface area (Å²) >= 11 is 4.91. The van der Waals surface area contributed by atoms with E-state index in [2.05, 4.69) is 21.2 Å². The van der Waals surface area contributed by atoms with Crippen LogP contribution in [0, 0.1) is 6.92 Å². The van der Waals surface area contributed by atoms with Crippen LogP contribution in [0.25, 0.3) is 0 Å². The van der Waals surface area contributed by atoms with E-state index < -0.39 is 0 Å². The highest BCUT2D eigenvalue weighted by Crippen LogP contribution is 2.21. The molecule has 0 bridgehead atoms.